The second kappa shape index (κ2) is 9.67. The van der Waals surface area contributed by atoms with Crippen LogP contribution in [0.1, 0.15) is 26.2 Å². The lowest BCUT2D eigenvalue weighted by Crippen LogP contribution is -2.39. The van der Waals surface area contributed by atoms with E-state index in [2.05, 4.69) is 15.2 Å². The van der Waals surface area contributed by atoms with Gasteiger partial charge in [0.2, 0.25) is 6.61 Å². The van der Waals surface area contributed by atoms with Crippen LogP contribution in [0, 0.1) is 0 Å². The number of carbonyl (C=O) groups excluding carboxylic acids is 1. The first-order chi connectivity index (χ1) is 8.51. The van der Waals surface area contributed by atoms with Gasteiger partial charge >= 0.3 is 5.97 Å². The molecule has 0 aliphatic rings. The van der Waals surface area contributed by atoms with Crippen molar-refractivity contribution in [1.29, 1.82) is 0 Å². The summed E-state index contributed by atoms with van der Waals surface area (Å²) >= 11 is 0. The van der Waals surface area contributed by atoms with Crippen molar-refractivity contribution in [2.75, 3.05) is 20.8 Å². The first kappa shape index (κ1) is 16.7. The first-order valence-corrected chi connectivity index (χ1v) is 5.88. The number of amidine groups is 1. The number of carbonyl (C=O) groups is 1. The molecule has 0 bridgehead atoms. The summed E-state index contributed by atoms with van der Waals surface area (Å²) in [6.07, 6.45) is 1.93. The number of hydrogen-bond acceptors (Lipinski definition) is 6. The van der Waals surface area contributed by atoms with Crippen molar-refractivity contribution < 1.29 is 19.5 Å². The molecule has 0 saturated carbocycles. The molecule has 2 atom stereocenters. The molecular formula is C11H23N3O4. The number of esters is 1. The summed E-state index contributed by atoms with van der Waals surface area (Å²) in [7, 11) is 3.03. The molecule has 4 N–H and O–H groups in total. The number of ether oxygens (including phenoxy) is 1. The average Bonchev–Trinajstić information content (AvgIpc) is 2.33. The number of hydrogen-bond donors (Lipinski definition) is 3. The predicted molar refractivity (Wildman–Crippen MR) is 68.0 cm³/mol. The van der Waals surface area contributed by atoms with Crippen LogP contribution in [0.15, 0.2) is 5.16 Å². The molecule has 0 spiro atoms. The van der Waals surface area contributed by atoms with Crippen molar-refractivity contribution in [3.63, 3.8) is 0 Å². The zero-order chi connectivity index (χ0) is 14.0. The molecule has 0 fully saturated rings. The molecule has 18 heavy (non-hydrogen) atoms. The summed E-state index contributed by atoms with van der Waals surface area (Å²) in [6.45, 7) is 1.48. The van der Waals surface area contributed by atoms with Gasteiger partial charge in [0.05, 0.1) is 19.3 Å². The van der Waals surface area contributed by atoms with Gasteiger partial charge in [-0.05, 0) is 33.2 Å². The Bertz CT molecular complexity index is 269. The molecule has 2 unspecified atom stereocenters. The fourth-order valence-electron chi connectivity index (χ4n) is 1.34. The number of likely N-dealkylation sites (N-methyl/N-ethyl adjacent to an activating group) is 1. The van der Waals surface area contributed by atoms with Crippen LogP contribution in [0.5, 0.6) is 0 Å². The highest BCUT2D eigenvalue weighted by Gasteiger charge is 2.12. The molecule has 0 saturated heterocycles. The van der Waals surface area contributed by atoms with Gasteiger partial charge in [0.15, 0.2) is 5.84 Å². The number of methoxy groups -OCH3 is 1. The van der Waals surface area contributed by atoms with Crippen molar-refractivity contribution in [3.8, 4) is 0 Å². The van der Waals surface area contributed by atoms with Gasteiger partial charge < -0.3 is 25.7 Å². The van der Waals surface area contributed by atoms with Gasteiger partial charge in [-0.15, -0.1) is 0 Å². The summed E-state index contributed by atoms with van der Waals surface area (Å²) in [5, 5.41) is 15.8. The Kier molecular flexibility index (Phi) is 8.95. The normalized spacial score (nSPS) is 15.0. The van der Waals surface area contributed by atoms with Gasteiger partial charge in [-0.2, -0.15) is 0 Å². The van der Waals surface area contributed by atoms with Crippen LogP contribution in [0.3, 0.4) is 0 Å². The van der Waals surface area contributed by atoms with Crippen LogP contribution in [0.25, 0.3) is 0 Å². The molecule has 106 valence electrons. The van der Waals surface area contributed by atoms with Crippen LogP contribution in [0.4, 0.5) is 0 Å². The van der Waals surface area contributed by atoms with Gasteiger partial charge in [-0.1, -0.05) is 5.16 Å². The fraction of sp³-hybridized carbons (Fsp3) is 0.818. The van der Waals surface area contributed by atoms with Crippen LogP contribution in [-0.4, -0.2) is 49.8 Å². The van der Waals surface area contributed by atoms with E-state index in [-0.39, 0.29) is 24.6 Å². The molecule has 0 rings (SSSR count). The topological polar surface area (TPSA) is 106 Å². The van der Waals surface area contributed by atoms with E-state index in [0.29, 0.717) is 6.42 Å². The third-order valence-corrected chi connectivity index (χ3v) is 2.40. The molecule has 7 nitrogen and oxygen atoms in total. The van der Waals surface area contributed by atoms with Crippen LogP contribution >= 0.6 is 0 Å². The van der Waals surface area contributed by atoms with Crippen molar-refractivity contribution in [2.24, 2.45) is 10.9 Å². The van der Waals surface area contributed by atoms with Gasteiger partial charge in [-0.25, -0.2) is 4.79 Å². The maximum absolute atomic E-state index is 10.8. The molecule has 0 aromatic carbocycles. The van der Waals surface area contributed by atoms with E-state index in [1.54, 1.807) is 14.0 Å². The number of aliphatic hydroxyl groups excluding tert-OH is 1. The SMILES string of the molecule is CNC(CCCC(C)O)/C(N)=N/OCC(=O)OC. The van der Waals surface area contributed by atoms with E-state index >= 15 is 0 Å². The Morgan fingerprint density at radius 3 is 2.67 bits per heavy atom. The van der Waals surface area contributed by atoms with Crippen molar-refractivity contribution >= 4 is 11.8 Å². The molecule has 0 heterocycles. The first-order valence-electron chi connectivity index (χ1n) is 5.88. The zero-order valence-corrected chi connectivity index (χ0v) is 11.2. The second-order valence-electron chi connectivity index (χ2n) is 3.99. The summed E-state index contributed by atoms with van der Waals surface area (Å²) < 4.78 is 4.39. The third-order valence-electron chi connectivity index (χ3n) is 2.40. The van der Waals surface area contributed by atoms with Crippen molar-refractivity contribution in [2.45, 2.75) is 38.3 Å². The highest BCUT2D eigenvalue weighted by Crippen LogP contribution is 2.04. The second-order valence-corrected chi connectivity index (χ2v) is 3.99. The fourth-order valence-corrected chi connectivity index (χ4v) is 1.34. The van der Waals surface area contributed by atoms with Gasteiger partial charge in [-0.3, -0.25) is 0 Å². The van der Waals surface area contributed by atoms with Crippen LogP contribution in [-0.2, 0) is 14.4 Å². The largest absolute Gasteiger partial charge is 0.466 e. The molecule has 0 aromatic rings. The van der Waals surface area contributed by atoms with Gasteiger partial charge in [0, 0.05) is 0 Å². The average molecular weight is 261 g/mol. The van der Waals surface area contributed by atoms with E-state index in [9.17, 15) is 4.79 Å². The molecule has 0 aliphatic heterocycles. The molecule has 0 amide bonds. The van der Waals surface area contributed by atoms with E-state index in [0.717, 1.165) is 12.8 Å². The molecule has 0 aliphatic carbocycles. The van der Waals surface area contributed by atoms with Gasteiger partial charge in [0.1, 0.15) is 0 Å². The van der Waals surface area contributed by atoms with E-state index in [1.165, 1.54) is 7.11 Å². The smallest absolute Gasteiger partial charge is 0.346 e. The highest BCUT2D eigenvalue weighted by molar-refractivity contribution is 5.85. The maximum atomic E-state index is 10.8. The summed E-state index contributed by atoms with van der Waals surface area (Å²) in [5.74, 6) is -0.242. The standard InChI is InChI=1S/C11H23N3O4/c1-8(15)5-4-6-9(13-2)11(12)14-18-7-10(16)17-3/h8-9,13,15H,4-7H2,1-3H3,(H2,12,14). The van der Waals surface area contributed by atoms with Crippen LogP contribution < -0.4 is 11.1 Å². The minimum atomic E-state index is -0.512. The van der Waals surface area contributed by atoms with E-state index in [1.807, 2.05) is 0 Å². The molecule has 0 aromatic heterocycles. The Hall–Kier alpha value is -1.34. The van der Waals surface area contributed by atoms with Gasteiger partial charge in [0.25, 0.3) is 0 Å². The number of nitrogens with one attached hydrogen (secondary N) is 1. The number of nitrogens with zero attached hydrogens (tertiary/aromatic N) is 1. The zero-order valence-electron chi connectivity index (χ0n) is 11.2. The third kappa shape index (κ3) is 7.86. The molecule has 7 heteroatoms. The monoisotopic (exact) mass is 261 g/mol. The van der Waals surface area contributed by atoms with Crippen LogP contribution in [0.2, 0.25) is 0 Å². The molecule has 0 radical (unpaired) electrons. The number of aliphatic hydroxyl groups is 1. The van der Waals surface area contributed by atoms with E-state index < -0.39 is 5.97 Å². The van der Waals surface area contributed by atoms with Crippen molar-refractivity contribution in [3.05, 3.63) is 0 Å². The summed E-state index contributed by atoms with van der Waals surface area (Å²) in [6, 6.07) is -0.138. The quantitative estimate of drug-likeness (QED) is 0.225. The lowest BCUT2D eigenvalue weighted by molar-refractivity contribution is -0.145. The number of rotatable bonds is 9. The molecular weight excluding hydrogens is 238 g/mol. The lowest BCUT2D eigenvalue weighted by Gasteiger charge is -2.15. The minimum Gasteiger partial charge on any atom is -0.466 e. The maximum Gasteiger partial charge on any atom is 0.346 e. The lowest BCUT2D eigenvalue weighted by atomic mass is 10.1. The number of nitrogens with two attached hydrogens (primary N) is 1. The van der Waals surface area contributed by atoms with E-state index in [4.69, 9.17) is 15.7 Å². The Labute approximate surface area is 107 Å². The Morgan fingerprint density at radius 1 is 1.50 bits per heavy atom. The Balaban J connectivity index is 4.04. The Morgan fingerprint density at radius 2 is 2.17 bits per heavy atom. The van der Waals surface area contributed by atoms with Crippen molar-refractivity contribution in [1.82, 2.24) is 5.32 Å². The number of oxime groups is 1. The predicted octanol–water partition coefficient (Wildman–Crippen LogP) is -0.413. The minimum absolute atomic E-state index is 0.138. The summed E-state index contributed by atoms with van der Waals surface area (Å²) in [4.78, 5) is 15.5. The summed E-state index contributed by atoms with van der Waals surface area (Å²) in [5.41, 5.74) is 5.72. The highest BCUT2D eigenvalue weighted by atomic mass is 16.6.